The van der Waals surface area contributed by atoms with Crippen LogP contribution in [0, 0.1) is 0 Å². The molecule has 0 spiro atoms. The van der Waals surface area contributed by atoms with E-state index < -0.39 is 7.37 Å². The summed E-state index contributed by atoms with van der Waals surface area (Å²) in [6, 6.07) is 12.9. The fourth-order valence-electron chi connectivity index (χ4n) is 3.01. The molecule has 0 aromatic heterocycles. The van der Waals surface area contributed by atoms with Crippen LogP contribution in [0.5, 0.6) is 5.75 Å². The summed E-state index contributed by atoms with van der Waals surface area (Å²) in [4.78, 5) is 0. The van der Waals surface area contributed by atoms with E-state index in [1.807, 2.05) is 30.3 Å². The quantitative estimate of drug-likeness (QED) is 0.584. The van der Waals surface area contributed by atoms with Gasteiger partial charge in [0, 0.05) is 5.30 Å². The Bertz CT molecular complexity index is 782. The van der Waals surface area contributed by atoms with Gasteiger partial charge >= 0.3 is 0 Å². The summed E-state index contributed by atoms with van der Waals surface area (Å²) >= 11 is 0. The van der Waals surface area contributed by atoms with Gasteiger partial charge in [-0.1, -0.05) is 71.9 Å². The first-order valence-corrected chi connectivity index (χ1v) is 10.6. The number of nitrogens with two attached hydrogens (primary N) is 1. The first-order chi connectivity index (χ1) is 11.9. The maximum absolute atomic E-state index is 13.4. The van der Waals surface area contributed by atoms with Crippen LogP contribution in [0.3, 0.4) is 0 Å². The fraction of sp³-hybridized carbons (Fsp3) is 0.429. The van der Waals surface area contributed by atoms with Crippen LogP contribution in [0.15, 0.2) is 42.5 Å². The molecule has 0 bridgehead atoms. The molecule has 0 aliphatic rings. The molecule has 2 aromatic carbocycles. The van der Waals surface area contributed by atoms with Gasteiger partial charge in [-0.05, 0) is 39.7 Å². The summed E-state index contributed by atoms with van der Waals surface area (Å²) < 4.78 is 18.4. The number of benzene rings is 2. The third-order valence-corrected chi connectivity index (χ3v) is 6.70. The molecule has 0 saturated heterocycles. The fourth-order valence-corrected chi connectivity index (χ4v) is 4.68. The van der Waals surface area contributed by atoms with E-state index in [1.54, 1.807) is 12.1 Å². The summed E-state index contributed by atoms with van der Waals surface area (Å²) in [5, 5.41) is 11.4. The van der Waals surface area contributed by atoms with Crippen molar-refractivity contribution in [3.63, 3.8) is 0 Å². The predicted octanol–water partition coefficient (Wildman–Crippen LogP) is 4.98. The number of hydrogen-bond donors (Lipinski definition) is 2. The van der Waals surface area contributed by atoms with Gasteiger partial charge in [0.15, 0.2) is 0 Å². The van der Waals surface area contributed by atoms with Gasteiger partial charge in [-0.2, -0.15) is 0 Å². The van der Waals surface area contributed by atoms with Crippen LogP contribution >= 0.6 is 7.37 Å². The van der Waals surface area contributed by atoms with Crippen LogP contribution in [0.2, 0.25) is 0 Å². The Morgan fingerprint density at radius 2 is 1.42 bits per heavy atom. The maximum atomic E-state index is 13.4. The van der Waals surface area contributed by atoms with Crippen molar-refractivity contribution in [2.75, 3.05) is 0 Å². The number of phenols is 1. The smallest absolute Gasteiger partial charge is 0.252 e. The second-order valence-electron chi connectivity index (χ2n) is 8.81. The molecular weight excluding hydrogens is 345 g/mol. The van der Waals surface area contributed by atoms with E-state index in [0.29, 0.717) is 11.1 Å². The zero-order valence-corrected chi connectivity index (χ0v) is 17.4. The average Bonchev–Trinajstić information content (AvgIpc) is 2.55. The molecule has 26 heavy (non-hydrogen) atoms. The molecule has 3 N–H and O–H groups in total. The van der Waals surface area contributed by atoms with Gasteiger partial charge in [-0.3, -0.25) is 4.57 Å². The van der Waals surface area contributed by atoms with E-state index in [2.05, 4.69) is 41.5 Å². The molecule has 2 aromatic rings. The maximum Gasteiger partial charge on any atom is 0.252 e. The monoisotopic (exact) mass is 375 g/mol. The Balaban J connectivity index is 2.61. The number of aromatic hydroxyl groups is 1. The largest absolute Gasteiger partial charge is 0.507 e. The zero-order chi connectivity index (χ0) is 19.8. The molecule has 1 atom stereocenters. The molecule has 5 heteroatoms. The minimum atomic E-state index is -3.24. The van der Waals surface area contributed by atoms with Gasteiger partial charge in [0.25, 0.3) is 7.37 Å². The normalized spacial score (nSPS) is 14.9. The second-order valence-corrected chi connectivity index (χ2v) is 11.2. The van der Waals surface area contributed by atoms with Crippen molar-refractivity contribution in [3.05, 3.63) is 59.2 Å². The lowest BCUT2D eigenvalue weighted by Crippen LogP contribution is -2.19. The highest BCUT2D eigenvalue weighted by atomic mass is 31.2. The Morgan fingerprint density at radius 1 is 0.962 bits per heavy atom. The third kappa shape index (κ3) is 4.37. The molecule has 0 aliphatic heterocycles. The molecule has 0 heterocycles. The van der Waals surface area contributed by atoms with Crippen molar-refractivity contribution < 1.29 is 14.3 Å². The Kier molecular flexibility index (Phi) is 5.72. The third-order valence-electron chi connectivity index (χ3n) is 4.50. The molecule has 2 rings (SSSR count). The summed E-state index contributed by atoms with van der Waals surface area (Å²) in [7, 11) is -3.24. The van der Waals surface area contributed by atoms with Gasteiger partial charge in [-0.15, -0.1) is 0 Å². The molecule has 0 amide bonds. The lowest BCUT2D eigenvalue weighted by molar-refractivity contribution is 0.334. The standard InChI is InChI=1S/C21H30NO3P/c1-20(2,3)17-12-15(13-18(19(17)23)21(4,5)6)14-26(24,25-22)16-10-8-7-9-11-16/h7-13,23H,14,22H2,1-6H3. The highest BCUT2D eigenvalue weighted by molar-refractivity contribution is 7.66. The van der Waals surface area contributed by atoms with Crippen LogP contribution in [0.1, 0.15) is 58.2 Å². The van der Waals surface area contributed by atoms with Gasteiger partial charge in [-0.25, -0.2) is 10.5 Å². The SMILES string of the molecule is CC(C)(C)c1cc(CP(=O)(ON)c2ccccc2)cc(C(C)(C)C)c1O. The van der Waals surface area contributed by atoms with Gasteiger partial charge in [0.2, 0.25) is 0 Å². The van der Waals surface area contributed by atoms with E-state index in [-0.39, 0.29) is 17.0 Å². The van der Waals surface area contributed by atoms with Crippen LogP contribution in [-0.2, 0) is 26.2 Å². The highest BCUT2D eigenvalue weighted by Gasteiger charge is 2.30. The molecule has 0 aliphatic carbocycles. The van der Waals surface area contributed by atoms with E-state index in [9.17, 15) is 9.67 Å². The Morgan fingerprint density at radius 3 is 1.81 bits per heavy atom. The lowest BCUT2D eigenvalue weighted by Gasteiger charge is -2.28. The highest BCUT2D eigenvalue weighted by Crippen LogP contribution is 2.49. The van der Waals surface area contributed by atoms with Crippen molar-refractivity contribution in [2.45, 2.75) is 58.5 Å². The van der Waals surface area contributed by atoms with Crippen molar-refractivity contribution >= 4 is 12.7 Å². The van der Waals surface area contributed by atoms with Crippen LogP contribution in [-0.4, -0.2) is 5.11 Å². The molecule has 0 radical (unpaired) electrons. The Hall–Kier alpha value is -1.61. The first kappa shape index (κ1) is 20.7. The van der Waals surface area contributed by atoms with Crippen LogP contribution in [0.4, 0.5) is 0 Å². The molecule has 1 unspecified atom stereocenters. The van der Waals surface area contributed by atoms with Crippen molar-refractivity contribution in [1.82, 2.24) is 0 Å². The number of hydrogen-bond acceptors (Lipinski definition) is 4. The van der Waals surface area contributed by atoms with E-state index >= 15 is 0 Å². The summed E-state index contributed by atoms with van der Waals surface area (Å²) in [5.41, 5.74) is 2.00. The zero-order valence-electron chi connectivity index (χ0n) is 16.5. The van der Waals surface area contributed by atoms with E-state index in [4.69, 9.17) is 10.5 Å². The topological polar surface area (TPSA) is 72.5 Å². The number of rotatable bonds is 4. The summed E-state index contributed by atoms with van der Waals surface area (Å²) in [6.07, 6.45) is 0.181. The minimum Gasteiger partial charge on any atom is -0.507 e. The van der Waals surface area contributed by atoms with Crippen molar-refractivity contribution in [2.24, 2.45) is 5.90 Å². The summed E-state index contributed by atoms with van der Waals surface area (Å²) in [6.45, 7) is 12.3. The predicted molar refractivity (Wildman–Crippen MR) is 108 cm³/mol. The molecule has 4 nitrogen and oxygen atoms in total. The Labute approximate surface area is 156 Å². The minimum absolute atomic E-state index is 0.181. The summed E-state index contributed by atoms with van der Waals surface area (Å²) in [5.74, 6) is 5.75. The van der Waals surface area contributed by atoms with E-state index in [1.165, 1.54) is 0 Å². The van der Waals surface area contributed by atoms with Crippen molar-refractivity contribution in [3.8, 4) is 5.75 Å². The van der Waals surface area contributed by atoms with Gasteiger partial charge in [0.05, 0.1) is 6.16 Å². The first-order valence-electron chi connectivity index (χ1n) is 8.78. The molecule has 142 valence electrons. The molecular formula is C21H30NO3P. The number of phenolic OH excluding ortho intramolecular Hbond substituents is 1. The van der Waals surface area contributed by atoms with Crippen LogP contribution in [0.25, 0.3) is 0 Å². The molecule has 0 saturated carbocycles. The van der Waals surface area contributed by atoms with Crippen LogP contribution < -0.4 is 11.2 Å². The van der Waals surface area contributed by atoms with Gasteiger partial charge in [0.1, 0.15) is 5.75 Å². The second kappa shape index (κ2) is 7.19. The molecule has 0 fully saturated rings. The average molecular weight is 375 g/mol. The van der Waals surface area contributed by atoms with Gasteiger partial charge < -0.3 is 5.11 Å². The van der Waals surface area contributed by atoms with E-state index in [0.717, 1.165) is 16.7 Å². The lowest BCUT2D eigenvalue weighted by atomic mass is 9.78. The van der Waals surface area contributed by atoms with Crippen molar-refractivity contribution in [1.29, 1.82) is 0 Å².